The molecule has 0 aliphatic carbocycles. The summed E-state index contributed by atoms with van der Waals surface area (Å²) in [6.07, 6.45) is 7.32. The number of pyridine rings is 1. The third-order valence-electron chi connectivity index (χ3n) is 7.16. The van der Waals surface area contributed by atoms with Gasteiger partial charge >= 0.3 is 0 Å². The first kappa shape index (κ1) is 27.9. The van der Waals surface area contributed by atoms with Gasteiger partial charge in [0.25, 0.3) is 5.91 Å². The number of halogens is 2. The summed E-state index contributed by atoms with van der Waals surface area (Å²) >= 11 is 6.15. The summed E-state index contributed by atoms with van der Waals surface area (Å²) in [6.45, 7) is 4.01. The molecule has 0 saturated carbocycles. The number of amides is 2. The predicted molar refractivity (Wildman–Crippen MR) is 157 cm³/mol. The highest BCUT2D eigenvalue weighted by atomic mass is 35.5. The third kappa shape index (κ3) is 4.83. The minimum absolute atomic E-state index is 0.0772. The van der Waals surface area contributed by atoms with Gasteiger partial charge < -0.3 is 14.6 Å². The fourth-order valence-electron chi connectivity index (χ4n) is 5.33. The van der Waals surface area contributed by atoms with Crippen molar-refractivity contribution >= 4 is 29.1 Å². The van der Waals surface area contributed by atoms with E-state index in [9.17, 15) is 9.59 Å². The number of hydrogen-bond acceptors (Lipinski definition) is 4. The van der Waals surface area contributed by atoms with E-state index in [1.165, 1.54) is 18.1 Å². The molecule has 1 atom stereocenters. The maximum absolute atomic E-state index is 15.4. The molecular weight excluding hydrogens is 543 g/mol. The number of carbonyl (C=O) groups is 2. The molecule has 5 rings (SSSR count). The second kappa shape index (κ2) is 11.1. The van der Waals surface area contributed by atoms with E-state index in [1.54, 1.807) is 43.6 Å². The maximum Gasteiger partial charge on any atom is 0.261 e. The third-order valence-corrected chi connectivity index (χ3v) is 7.46. The van der Waals surface area contributed by atoms with Crippen LogP contribution in [0.25, 0.3) is 11.3 Å². The van der Waals surface area contributed by atoms with Crippen LogP contribution in [0.3, 0.4) is 0 Å². The zero-order valence-corrected chi connectivity index (χ0v) is 23.8. The summed E-state index contributed by atoms with van der Waals surface area (Å²) in [5.74, 6) is 1.75. The van der Waals surface area contributed by atoms with Crippen molar-refractivity contribution in [3.63, 3.8) is 0 Å². The van der Waals surface area contributed by atoms with Crippen molar-refractivity contribution in [1.29, 1.82) is 0 Å². The Morgan fingerprint density at radius 2 is 1.93 bits per heavy atom. The number of aromatic nitrogens is 2. The van der Waals surface area contributed by atoms with E-state index in [1.807, 2.05) is 36.6 Å². The highest BCUT2D eigenvalue weighted by Crippen LogP contribution is 2.48. The SMILES string of the molecule is C#Cc1ccc(C2c3c(cc(-c4cc(CC(=O)NC)cnc4OC)n3C(C)C)C(=O)N2c2cccc(Cl)c2F)cc1. The highest BCUT2D eigenvalue weighted by Gasteiger charge is 2.44. The van der Waals surface area contributed by atoms with Gasteiger partial charge in [0.15, 0.2) is 5.82 Å². The van der Waals surface area contributed by atoms with Gasteiger partial charge in [-0.05, 0) is 61.4 Å². The first-order valence-electron chi connectivity index (χ1n) is 13.0. The molecule has 1 unspecified atom stereocenters. The molecule has 7 nitrogen and oxygen atoms in total. The van der Waals surface area contributed by atoms with E-state index in [-0.39, 0.29) is 35.0 Å². The van der Waals surface area contributed by atoms with Gasteiger partial charge in [-0.2, -0.15) is 0 Å². The van der Waals surface area contributed by atoms with Crippen LogP contribution < -0.4 is 15.0 Å². The van der Waals surface area contributed by atoms with E-state index < -0.39 is 11.9 Å². The molecule has 2 aromatic heterocycles. The van der Waals surface area contributed by atoms with Crippen molar-refractivity contribution < 1.29 is 18.7 Å². The Bertz CT molecular complexity index is 1710. The lowest BCUT2D eigenvalue weighted by molar-refractivity contribution is -0.119. The van der Waals surface area contributed by atoms with Crippen molar-refractivity contribution in [2.75, 3.05) is 19.1 Å². The Balaban J connectivity index is 1.77. The van der Waals surface area contributed by atoms with Gasteiger partial charge in [-0.25, -0.2) is 9.37 Å². The Labute approximate surface area is 242 Å². The number of rotatable bonds is 7. The topological polar surface area (TPSA) is 76.5 Å². The summed E-state index contributed by atoms with van der Waals surface area (Å²) in [4.78, 5) is 32.2. The van der Waals surface area contributed by atoms with Crippen LogP contribution >= 0.6 is 11.6 Å². The van der Waals surface area contributed by atoms with Gasteiger partial charge in [-0.3, -0.25) is 14.5 Å². The van der Waals surface area contributed by atoms with Crippen molar-refractivity contribution in [2.24, 2.45) is 0 Å². The second-order valence-corrected chi connectivity index (χ2v) is 10.4. The van der Waals surface area contributed by atoms with E-state index in [2.05, 4.69) is 16.2 Å². The normalized spacial score (nSPS) is 14.2. The molecule has 1 aliphatic rings. The number of carbonyl (C=O) groups excluding carboxylic acids is 2. The fourth-order valence-corrected chi connectivity index (χ4v) is 5.50. The van der Waals surface area contributed by atoms with Gasteiger partial charge in [-0.15, -0.1) is 6.42 Å². The molecule has 0 saturated heterocycles. The molecule has 4 aromatic rings. The number of anilines is 1. The molecule has 1 N–H and O–H groups in total. The van der Waals surface area contributed by atoms with Crippen LogP contribution in [0.1, 0.15) is 58.7 Å². The average molecular weight is 571 g/mol. The molecule has 0 bridgehead atoms. The van der Waals surface area contributed by atoms with Crippen LogP contribution in [0.2, 0.25) is 5.02 Å². The highest BCUT2D eigenvalue weighted by molar-refractivity contribution is 6.31. The number of nitrogens with one attached hydrogen (secondary N) is 1. The van der Waals surface area contributed by atoms with Crippen molar-refractivity contribution in [2.45, 2.75) is 32.4 Å². The summed E-state index contributed by atoms with van der Waals surface area (Å²) in [6, 6.07) is 14.7. The number of methoxy groups -OCH3 is 1. The number of terminal acetylenes is 1. The van der Waals surface area contributed by atoms with E-state index in [0.29, 0.717) is 39.5 Å². The zero-order chi connectivity index (χ0) is 29.4. The number of nitrogens with zero attached hydrogens (tertiary/aromatic N) is 3. The van der Waals surface area contributed by atoms with Gasteiger partial charge in [-0.1, -0.05) is 35.7 Å². The smallest absolute Gasteiger partial charge is 0.261 e. The summed E-state index contributed by atoms with van der Waals surface area (Å²) < 4.78 is 23.1. The van der Waals surface area contributed by atoms with Crippen LogP contribution in [-0.4, -0.2) is 35.5 Å². The summed E-state index contributed by atoms with van der Waals surface area (Å²) in [7, 11) is 3.09. The van der Waals surface area contributed by atoms with E-state index in [4.69, 9.17) is 22.8 Å². The number of likely N-dealkylation sites (N-methyl/N-ethyl adjacent to an activating group) is 1. The van der Waals surface area contributed by atoms with Crippen LogP contribution in [0.5, 0.6) is 5.88 Å². The minimum Gasteiger partial charge on any atom is -0.481 e. The van der Waals surface area contributed by atoms with Crippen LogP contribution in [0, 0.1) is 18.2 Å². The second-order valence-electron chi connectivity index (χ2n) is 9.96. The number of benzene rings is 2. The van der Waals surface area contributed by atoms with E-state index >= 15 is 4.39 Å². The molecule has 3 heterocycles. The molecule has 0 radical (unpaired) electrons. The van der Waals surface area contributed by atoms with Crippen molar-refractivity contribution in [3.05, 3.63) is 99.6 Å². The minimum atomic E-state index is -0.679. The predicted octanol–water partition coefficient (Wildman–Crippen LogP) is 5.95. The molecule has 1 aliphatic heterocycles. The zero-order valence-electron chi connectivity index (χ0n) is 23.0. The molecule has 9 heteroatoms. The van der Waals surface area contributed by atoms with Gasteiger partial charge in [0.05, 0.1) is 46.8 Å². The Morgan fingerprint density at radius 3 is 2.56 bits per heavy atom. The molecule has 2 aromatic carbocycles. The molecule has 0 fully saturated rings. The largest absolute Gasteiger partial charge is 0.481 e. The first-order valence-corrected chi connectivity index (χ1v) is 13.4. The van der Waals surface area contributed by atoms with Crippen LogP contribution in [-0.2, 0) is 11.2 Å². The monoisotopic (exact) mass is 570 g/mol. The molecular formula is C32H28ClFN4O3. The summed E-state index contributed by atoms with van der Waals surface area (Å²) in [5, 5.41) is 2.54. The van der Waals surface area contributed by atoms with Gasteiger partial charge in [0, 0.05) is 24.8 Å². The molecule has 208 valence electrons. The number of ether oxygens (including phenoxy) is 1. The quantitative estimate of drug-likeness (QED) is 0.279. The molecule has 2 amide bonds. The first-order chi connectivity index (χ1) is 19.7. The Kier molecular flexibility index (Phi) is 7.57. The van der Waals surface area contributed by atoms with Crippen LogP contribution in [0.15, 0.2) is 60.8 Å². The van der Waals surface area contributed by atoms with E-state index in [0.717, 1.165) is 5.56 Å². The lowest BCUT2D eigenvalue weighted by Crippen LogP contribution is -2.30. The van der Waals surface area contributed by atoms with Crippen LogP contribution in [0.4, 0.5) is 10.1 Å². The van der Waals surface area contributed by atoms with Crippen molar-refractivity contribution in [3.8, 4) is 29.5 Å². The average Bonchev–Trinajstić information content (AvgIpc) is 3.49. The fraction of sp³-hybridized carbons (Fsp3) is 0.219. The molecule has 41 heavy (non-hydrogen) atoms. The Morgan fingerprint density at radius 1 is 1.20 bits per heavy atom. The van der Waals surface area contributed by atoms with Gasteiger partial charge in [0.2, 0.25) is 11.8 Å². The number of fused-ring (bicyclic) bond motifs is 1. The molecule has 0 spiro atoms. The number of hydrogen-bond donors (Lipinski definition) is 1. The maximum atomic E-state index is 15.4. The van der Waals surface area contributed by atoms with Gasteiger partial charge in [0.1, 0.15) is 6.04 Å². The van der Waals surface area contributed by atoms with Crippen molar-refractivity contribution in [1.82, 2.24) is 14.9 Å². The lowest BCUT2D eigenvalue weighted by atomic mass is 10.0. The Hall–Kier alpha value is -4.61. The summed E-state index contributed by atoms with van der Waals surface area (Å²) in [5.41, 5.74) is 4.62. The standard InChI is InChI=1S/C32H28ClFN4O3/c1-6-19-10-12-21(13-11-19)29-30-23(32(40)38(29)25-9-7-8-24(33)28(25)34)16-26(37(30)18(2)3)22-14-20(15-27(39)35-4)17-36-31(22)41-5/h1,7-14,16-18,29H,15H2,2-5H3,(H,35,39). The lowest BCUT2D eigenvalue weighted by Gasteiger charge is -2.29.